The standard InChI is InChI=1S/C19H24O2/c1-14(20)21-19(12-15-8-4-2-5-9-15)18-13-17(18)16-10-6-3-7-11-16/h3,6-7,10-12,15,17-18H,2,4-5,8-9,13H2,1H3/b19-12+. The van der Waals surface area contributed by atoms with Gasteiger partial charge in [0.2, 0.25) is 0 Å². The maximum Gasteiger partial charge on any atom is 0.307 e. The quantitative estimate of drug-likeness (QED) is 0.585. The molecule has 0 aromatic heterocycles. The second-order valence-corrected chi connectivity index (χ2v) is 6.42. The van der Waals surface area contributed by atoms with Crippen molar-refractivity contribution in [3.05, 3.63) is 47.7 Å². The lowest BCUT2D eigenvalue weighted by Gasteiger charge is -2.19. The first-order valence-electron chi connectivity index (χ1n) is 8.19. The third kappa shape index (κ3) is 3.75. The van der Waals surface area contributed by atoms with Gasteiger partial charge in [-0.2, -0.15) is 0 Å². The Kier molecular flexibility index (Phi) is 4.42. The summed E-state index contributed by atoms with van der Waals surface area (Å²) >= 11 is 0. The van der Waals surface area contributed by atoms with E-state index in [0.29, 0.717) is 17.8 Å². The van der Waals surface area contributed by atoms with Gasteiger partial charge in [-0.1, -0.05) is 49.6 Å². The zero-order valence-electron chi connectivity index (χ0n) is 12.8. The third-order valence-electron chi connectivity index (χ3n) is 4.69. The lowest BCUT2D eigenvalue weighted by molar-refractivity contribution is -0.137. The highest BCUT2D eigenvalue weighted by atomic mass is 16.5. The molecule has 2 aliphatic carbocycles. The van der Waals surface area contributed by atoms with Crippen LogP contribution in [0.2, 0.25) is 0 Å². The van der Waals surface area contributed by atoms with Crippen LogP contribution in [0.1, 0.15) is 56.9 Å². The van der Waals surface area contributed by atoms with Crippen molar-refractivity contribution in [1.29, 1.82) is 0 Å². The first kappa shape index (κ1) is 14.4. The van der Waals surface area contributed by atoms with E-state index in [9.17, 15) is 4.79 Å². The number of hydrogen-bond donors (Lipinski definition) is 0. The van der Waals surface area contributed by atoms with Gasteiger partial charge in [0.05, 0.1) is 0 Å². The van der Waals surface area contributed by atoms with Crippen LogP contribution in [0, 0.1) is 11.8 Å². The predicted octanol–water partition coefficient (Wildman–Crippen LogP) is 4.82. The monoisotopic (exact) mass is 284 g/mol. The molecule has 2 unspecified atom stereocenters. The Bertz CT molecular complexity index is 512. The second-order valence-electron chi connectivity index (χ2n) is 6.42. The van der Waals surface area contributed by atoms with Crippen molar-refractivity contribution in [3.8, 4) is 0 Å². The molecule has 2 heteroatoms. The summed E-state index contributed by atoms with van der Waals surface area (Å²) in [5.41, 5.74) is 1.36. The molecule has 2 nitrogen and oxygen atoms in total. The topological polar surface area (TPSA) is 26.3 Å². The molecule has 0 aliphatic heterocycles. The Morgan fingerprint density at radius 2 is 1.86 bits per heavy atom. The van der Waals surface area contributed by atoms with E-state index in [0.717, 1.165) is 12.2 Å². The number of carbonyl (C=O) groups excluding carboxylic acids is 1. The van der Waals surface area contributed by atoms with Crippen molar-refractivity contribution in [1.82, 2.24) is 0 Å². The molecular formula is C19H24O2. The summed E-state index contributed by atoms with van der Waals surface area (Å²) in [5.74, 6) is 2.28. The molecule has 2 fully saturated rings. The van der Waals surface area contributed by atoms with Crippen molar-refractivity contribution < 1.29 is 9.53 Å². The lowest BCUT2D eigenvalue weighted by Crippen LogP contribution is -2.08. The van der Waals surface area contributed by atoms with E-state index in [1.54, 1.807) is 0 Å². The Morgan fingerprint density at radius 1 is 1.14 bits per heavy atom. The van der Waals surface area contributed by atoms with Crippen LogP contribution < -0.4 is 0 Å². The Morgan fingerprint density at radius 3 is 2.52 bits per heavy atom. The van der Waals surface area contributed by atoms with Crippen LogP contribution in [0.25, 0.3) is 0 Å². The van der Waals surface area contributed by atoms with Gasteiger partial charge in [-0.15, -0.1) is 0 Å². The molecule has 1 aromatic carbocycles. The molecule has 0 N–H and O–H groups in total. The largest absolute Gasteiger partial charge is 0.431 e. The van der Waals surface area contributed by atoms with Gasteiger partial charge in [0.25, 0.3) is 0 Å². The Hall–Kier alpha value is -1.57. The third-order valence-corrected chi connectivity index (χ3v) is 4.69. The minimum atomic E-state index is -0.184. The zero-order valence-corrected chi connectivity index (χ0v) is 12.8. The van der Waals surface area contributed by atoms with Crippen LogP contribution in [0.5, 0.6) is 0 Å². The molecule has 0 spiro atoms. The predicted molar refractivity (Wildman–Crippen MR) is 83.7 cm³/mol. The molecule has 2 atom stereocenters. The van der Waals surface area contributed by atoms with Gasteiger partial charge >= 0.3 is 5.97 Å². The number of allylic oxidation sites excluding steroid dienone is 2. The SMILES string of the molecule is CC(=O)O/C(=C/C1CCCCC1)C1CC1c1ccccc1. The number of rotatable bonds is 4. The molecule has 21 heavy (non-hydrogen) atoms. The van der Waals surface area contributed by atoms with E-state index in [1.807, 2.05) is 6.07 Å². The second kappa shape index (κ2) is 6.46. The molecule has 2 saturated carbocycles. The Labute approximate surface area is 127 Å². The first-order chi connectivity index (χ1) is 10.2. The normalized spacial score (nSPS) is 26.4. The van der Waals surface area contributed by atoms with E-state index in [2.05, 4.69) is 30.3 Å². The average Bonchev–Trinajstić information content (AvgIpc) is 3.29. The zero-order chi connectivity index (χ0) is 14.7. The highest BCUT2D eigenvalue weighted by Gasteiger charge is 2.42. The maximum atomic E-state index is 11.4. The molecular weight excluding hydrogens is 260 g/mol. The number of carbonyl (C=O) groups is 1. The van der Waals surface area contributed by atoms with Crippen LogP contribution in [0.4, 0.5) is 0 Å². The van der Waals surface area contributed by atoms with Crippen LogP contribution in [0.15, 0.2) is 42.2 Å². The van der Waals surface area contributed by atoms with Crippen molar-refractivity contribution >= 4 is 5.97 Å². The number of ether oxygens (including phenoxy) is 1. The number of esters is 1. The summed E-state index contributed by atoms with van der Waals surface area (Å²) in [4.78, 5) is 11.4. The molecule has 0 radical (unpaired) electrons. The van der Waals surface area contributed by atoms with Gasteiger partial charge in [0, 0.05) is 12.8 Å². The molecule has 0 bridgehead atoms. The van der Waals surface area contributed by atoms with E-state index < -0.39 is 0 Å². The molecule has 3 rings (SSSR count). The van der Waals surface area contributed by atoms with Gasteiger partial charge in [0.1, 0.15) is 5.76 Å². The highest BCUT2D eigenvalue weighted by molar-refractivity contribution is 5.67. The number of benzene rings is 1. The van der Waals surface area contributed by atoms with Gasteiger partial charge < -0.3 is 4.74 Å². The minimum absolute atomic E-state index is 0.184. The first-order valence-corrected chi connectivity index (χ1v) is 8.19. The molecule has 0 heterocycles. The van der Waals surface area contributed by atoms with E-state index in [-0.39, 0.29) is 5.97 Å². The van der Waals surface area contributed by atoms with Gasteiger partial charge in [-0.05, 0) is 42.7 Å². The maximum absolute atomic E-state index is 11.4. The van der Waals surface area contributed by atoms with Gasteiger partial charge in [-0.3, -0.25) is 4.79 Å². The molecule has 112 valence electrons. The van der Waals surface area contributed by atoms with Crippen LogP contribution in [0.3, 0.4) is 0 Å². The average molecular weight is 284 g/mol. The summed E-state index contributed by atoms with van der Waals surface area (Å²) < 4.78 is 5.55. The molecule has 0 amide bonds. The smallest absolute Gasteiger partial charge is 0.307 e. The number of hydrogen-bond acceptors (Lipinski definition) is 2. The van der Waals surface area contributed by atoms with Crippen molar-refractivity contribution in [2.75, 3.05) is 0 Å². The fraction of sp³-hybridized carbons (Fsp3) is 0.526. The minimum Gasteiger partial charge on any atom is -0.431 e. The molecule has 2 aliphatic rings. The Balaban J connectivity index is 1.71. The summed E-state index contributed by atoms with van der Waals surface area (Å²) in [7, 11) is 0. The van der Waals surface area contributed by atoms with Crippen LogP contribution >= 0.6 is 0 Å². The summed E-state index contributed by atoms with van der Waals surface area (Å²) in [6.07, 6.45) is 9.82. The van der Waals surface area contributed by atoms with E-state index >= 15 is 0 Å². The van der Waals surface area contributed by atoms with Crippen molar-refractivity contribution in [2.24, 2.45) is 11.8 Å². The van der Waals surface area contributed by atoms with Crippen molar-refractivity contribution in [2.45, 2.75) is 51.4 Å². The van der Waals surface area contributed by atoms with E-state index in [4.69, 9.17) is 4.74 Å². The summed E-state index contributed by atoms with van der Waals surface area (Å²) in [6.45, 7) is 1.51. The van der Waals surface area contributed by atoms with Gasteiger partial charge in [0.15, 0.2) is 0 Å². The summed E-state index contributed by atoms with van der Waals surface area (Å²) in [6, 6.07) is 10.6. The fourth-order valence-corrected chi connectivity index (χ4v) is 3.51. The molecule has 0 saturated heterocycles. The van der Waals surface area contributed by atoms with Crippen molar-refractivity contribution in [3.63, 3.8) is 0 Å². The lowest BCUT2D eigenvalue weighted by atomic mass is 9.88. The highest BCUT2D eigenvalue weighted by Crippen LogP contribution is 2.52. The van der Waals surface area contributed by atoms with Gasteiger partial charge in [-0.25, -0.2) is 0 Å². The fourth-order valence-electron chi connectivity index (χ4n) is 3.51. The van der Waals surface area contributed by atoms with E-state index in [1.165, 1.54) is 44.6 Å². The molecule has 1 aromatic rings. The summed E-state index contributed by atoms with van der Waals surface area (Å²) in [5, 5.41) is 0. The van der Waals surface area contributed by atoms with Crippen LogP contribution in [-0.2, 0) is 9.53 Å². The van der Waals surface area contributed by atoms with Crippen LogP contribution in [-0.4, -0.2) is 5.97 Å².